The number of hydrogen-bond acceptors (Lipinski definition) is 7. The number of carbonyl (C=O) groups is 4. The zero-order valence-electron chi connectivity index (χ0n) is 19.2. The number of nitrogens with one attached hydrogen (secondary N) is 1. The summed E-state index contributed by atoms with van der Waals surface area (Å²) < 4.78 is 15.5. The number of anilines is 2. The summed E-state index contributed by atoms with van der Waals surface area (Å²) in [5, 5.41) is 2.62. The van der Waals surface area contributed by atoms with E-state index in [4.69, 9.17) is 14.2 Å². The van der Waals surface area contributed by atoms with Crippen LogP contribution in [0.4, 0.5) is 11.4 Å². The third-order valence-corrected chi connectivity index (χ3v) is 6.85. The molecule has 1 aliphatic heterocycles. The Hall–Kier alpha value is -4.14. The van der Waals surface area contributed by atoms with E-state index in [9.17, 15) is 19.2 Å². The van der Waals surface area contributed by atoms with Crippen LogP contribution in [0.2, 0.25) is 0 Å². The molecule has 9 heteroatoms. The summed E-state index contributed by atoms with van der Waals surface area (Å²) in [4.78, 5) is 51.8. The van der Waals surface area contributed by atoms with Crippen LogP contribution in [0.1, 0.15) is 16.8 Å². The largest absolute Gasteiger partial charge is 0.497 e. The maximum atomic E-state index is 12.9. The second-order valence-electron chi connectivity index (χ2n) is 8.75. The molecule has 180 valence electrons. The number of ether oxygens (including phenoxy) is 3. The molecule has 9 nitrogen and oxygen atoms in total. The molecule has 0 aromatic heterocycles. The number of fused-ring (bicyclic) bond motifs is 5. The Bertz CT molecular complexity index is 1210. The topological polar surface area (TPSA) is 111 Å². The van der Waals surface area contributed by atoms with Crippen molar-refractivity contribution in [3.05, 3.63) is 60.2 Å². The van der Waals surface area contributed by atoms with Crippen LogP contribution < -0.4 is 19.7 Å². The molecule has 2 fully saturated rings. The van der Waals surface area contributed by atoms with Crippen molar-refractivity contribution in [1.29, 1.82) is 0 Å². The van der Waals surface area contributed by atoms with Crippen molar-refractivity contribution in [1.82, 2.24) is 0 Å². The Morgan fingerprint density at radius 2 is 1.60 bits per heavy atom. The number of hydrogen-bond donors (Lipinski definition) is 1. The number of benzene rings is 2. The second kappa shape index (κ2) is 8.90. The molecule has 1 heterocycles. The highest BCUT2D eigenvalue weighted by molar-refractivity contribution is 6.22. The molecule has 3 aliphatic rings. The number of allylic oxidation sites excluding steroid dienone is 2. The predicted molar refractivity (Wildman–Crippen MR) is 125 cm³/mol. The van der Waals surface area contributed by atoms with E-state index in [-0.39, 0.29) is 41.0 Å². The van der Waals surface area contributed by atoms with Gasteiger partial charge in [0.25, 0.3) is 5.91 Å². The van der Waals surface area contributed by atoms with E-state index < -0.39 is 18.5 Å². The fraction of sp³-hybridized carbons (Fsp3) is 0.308. The number of amides is 3. The van der Waals surface area contributed by atoms with Crippen LogP contribution in [0.15, 0.2) is 54.6 Å². The summed E-state index contributed by atoms with van der Waals surface area (Å²) in [6.45, 7) is -0.502. The Labute approximate surface area is 201 Å². The highest BCUT2D eigenvalue weighted by Gasteiger charge is 2.59. The zero-order valence-corrected chi connectivity index (χ0v) is 19.2. The van der Waals surface area contributed by atoms with Crippen molar-refractivity contribution in [2.24, 2.45) is 23.7 Å². The lowest BCUT2D eigenvalue weighted by molar-refractivity contribution is -0.123. The number of rotatable bonds is 7. The summed E-state index contributed by atoms with van der Waals surface area (Å²) in [6.07, 6.45) is 4.95. The Balaban J connectivity index is 1.19. The molecule has 4 atom stereocenters. The minimum absolute atomic E-state index is 0.129. The lowest BCUT2D eigenvalue weighted by atomic mass is 9.85. The molecule has 0 spiro atoms. The van der Waals surface area contributed by atoms with E-state index in [1.54, 1.807) is 30.3 Å². The third kappa shape index (κ3) is 3.92. The van der Waals surface area contributed by atoms with Gasteiger partial charge in [-0.2, -0.15) is 0 Å². The first kappa shape index (κ1) is 22.6. The SMILES string of the molecule is COc1ccc(NC(=O)COC(=O)c2ccc(N3C(=O)[C@@H]4[C@H](C3=O)[C@H]3C=C[C@H]4C3)cc2)c(OC)c1. The summed E-state index contributed by atoms with van der Waals surface area (Å²) in [5.74, 6) is -0.953. The van der Waals surface area contributed by atoms with E-state index in [1.807, 2.05) is 12.2 Å². The average Bonchev–Trinajstić information content (AvgIpc) is 3.56. The van der Waals surface area contributed by atoms with Crippen LogP contribution in [-0.4, -0.2) is 44.5 Å². The number of carbonyl (C=O) groups excluding carboxylic acids is 4. The third-order valence-electron chi connectivity index (χ3n) is 6.85. The molecule has 0 radical (unpaired) electrons. The Kier molecular flexibility index (Phi) is 5.76. The molecule has 2 aliphatic carbocycles. The van der Waals surface area contributed by atoms with E-state index in [1.165, 1.54) is 31.3 Å². The summed E-state index contributed by atoms with van der Waals surface area (Å²) in [7, 11) is 2.98. The summed E-state index contributed by atoms with van der Waals surface area (Å²) in [6, 6.07) is 10.9. The van der Waals surface area contributed by atoms with E-state index >= 15 is 0 Å². The molecule has 3 amide bonds. The average molecular weight is 476 g/mol. The van der Waals surface area contributed by atoms with Crippen LogP contribution in [0.25, 0.3) is 0 Å². The van der Waals surface area contributed by atoms with Gasteiger partial charge in [-0.15, -0.1) is 0 Å². The summed E-state index contributed by atoms with van der Waals surface area (Å²) >= 11 is 0. The maximum absolute atomic E-state index is 12.9. The number of methoxy groups -OCH3 is 2. The van der Waals surface area contributed by atoms with Gasteiger partial charge in [-0.3, -0.25) is 19.3 Å². The van der Waals surface area contributed by atoms with Crippen molar-refractivity contribution in [2.45, 2.75) is 6.42 Å². The van der Waals surface area contributed by atoms with Gasteiger partial charge in [-0.1, -0.05) is 12.2 Å². The molecular formula is C26H24N2O7. The minimum atomic E-state index is -0.702. The highest BCUT2D eigenvalue weighted by atomic mass is 16.5. The van der Waals surface area contributed by atoms with Crippen LogP contribution in [-0.2, 0) is 19.1 Å². The van der Waals surface area contributed by atoms with Crippen LogP contribution >= 0.6 is 0 Å². The molecule has 2 bridgehead atoms. The van der Waals surface area contributed by atoms with Gasteiger partial charge in [-0.05, 0) is 54.7 Å². The molecule has 35 heavy (non-hydrogen) atoms. The van der Waals surface area contributed by atoms with E-state index in [0.29, 0.717) is 22.9 Å². The van der Waals surface area contributed by atoms with E-state index in [0.717, 1.165) is 6.42 Å². The minimum Gasteiger partial charge on any atom is -0.497 e. The second-order valence-corrected chi connectivity index (χ2v) is 8.75. The van der Waals surface area contributed by atoms with Crippen molar-refractivity contribution in [3.63, 3.8) is 0 Å². The first-order valence-corrected chi connectivity index (χ1v) is 11.3. The van der Waals surface area contributed by atoms with Crippen LogP contribution in [0.3, 0.4) is 0 Å². The standard InChI is InChI=1S/C26H24N2O7/c1-33-18-9-10-19(20(12-18)34-2)27-21(29)13-35-26(32)14-5-7-17(8-6-14)28-24(30)22-15-3-4-16(11-15)23(22)25(28)31/h3-10,12,15-16,22-23H,11,13H2,1-2H3,(H,27,29)/t15-,16-,22-,23+/m0/s1. The van der Waals surface area contributed by atoms with Gasteiger partial charge in [0.05, 0.1) is 43.0 Å². The van der Waals surface area contributed by atoms with Gasteiger partial charge in [-0.25, -0.2) is 4.79 Å². The Morgan fingerprint density at radius 1 is 0.943 bits per heavy atom. The first-order valence-electron chi connectivity index (χ1n) is 11.3. The molecular weight excluding hydrogens is 452 g/mol. The Morgan fingerprint density at radius 3 is 2.20 bits per heavy atom. The molecule has 5 rings (SSSR count). The van der Waals surface area contributed by atoms with Gasteiger partial charge in [0.1, 0.15) is 11.5 Å². The quantitative estimate of drug-likeness (QED) is 0.372. The number of nitrogens with zero attached hydrogens (tertiary/aromatic N) is 1. The number of esters is 1. The smallest absolute Gasteiger partial charge is 0.338 e. The highest BCUT2D eigenvalue weighted by Crippen LogP contribution is 2.53. The van der Waals surface area contributed by atoms with Crippen LogP contribution in [0, 0.1) is 23.7 Å². The van der Waals surface area contributed by atoms with Crippen molar-refractivity contribution >= 4 is 35.1 Å². The molecule has 1 saturated carbocycles. The fourth-order valence-corrected chi connectivity index (χ4v) is 5.21. The zero-order chi connectivity index (χ0) is 24.7. The first-order chi connectivity index (χ1) is 16.9. The van der Waals surface area contributed by atoms with Gasteiger partial charge in [0, 0.05) is 6.07 Å². The van der Waals surface area contributed by atoms with Gasteiger partial charge >= 0.3 is 5.97 Å². The fourth-order valence-electron chi connectivity index (χ4n) is 5.21. The van der Waals surface area contributed by atoms with Crippen molar-refractivity contribution in [2.75, 3.05) is 31.0 Å². The summed E-state index contributed by atoms with van der Waals surface area (Å²) in [5.41, 5.74) is 1.03. The monoisotopic (exact) mass is 476 g/mol. The van der Waals surface area contributed by atoms with Gasteiger partial charge in [0.15, 0.2) is 6.61 Å². The van der Waals surface area contributed by atoms with Crippen molar-refractivity contribution < 1.29 is 33.4 Å². The lowest BCUT2D eigenvalue weighted by Crippen LogP contribution is -2.32. The maximum Gasteiger partial charge on any atom is 0.338 e. The predicted octanol–water partition coefficient (Wildman–Crippen LogP) is 2.81. The molecule has 1 saturated heterocycles. The number of imide groups is 1. The molecule has 0 unspecified atom stereocenters. The molecule has 1 N–H and O–H groups in total. The van der Waals surface area contributed by atoms with Gasteiger partial charge < -0.3 is 19.5 Å². The normalized spacial score (nSPS) is 23.9. The van der Waals surface area contributed by atoms with Gasteiger partial charge in [0.2, 0.25) is 11.8 Å². The lowest BCUT2D eigenvalue weighted by Gasteiger charge is -2.17. The molecule has 2 aromatic rings. The molecule has 2 aromatic carbocycles. The van der Waals surface area contributed by atoms with E-state index in [2.05, 4.69) is 5.32 Å². The van der Waals surface area contributed by atoms with Crippen LogP contribution in [0.5, 0.6) is 11.5 Å². The van der Waals surface area contributed by atoms with Crippen molar-refractivity contribution in [3.8, 4) is 11.5 Å².